The van der Waals surface area contributed by atoms with E-state index in [4.69, 9.17) is 9.47 Å². The molecule has 2 amide bonds. The molecule has 1 heterocycles. The third-order valence-corrected chi connectivity index (χ3v) is 5.09. The van der Waals surface area contributed by atoms with Gasteiger partial charge in [-0.05, 0) is 36.1 Å². The van der Waals surface area contributed by atoms with Crippen LogP contribution in [0.25, 0.3) is 0 Å². The molecule has 0 aliphatic carbocycles. The van der Waals surface area contributed by atoms with Crippen molar-refractivity contribution in [2.45, 2.75) is 38.0 Å². The van der Waals surface area contributed by atoms with E-state index in [1.807, 2.05) is 30.3 Å². The fraction of sp³-hybridized carbons (Fsp3) is 0.348. The normalized spacial score (nSPS) is 16.7. The Kier molecular flexibility index (Phi) is 8.04. The molecule has 1 aliphatic rings. The molecule has 1 aliphatic heterocycles. The summed E-state index contributed by atoms with van der Waals surface area (Å²) in [5.74, 6) is -0.817. The number of hydrogen-bond donors (Lipinski definition) is 3. The fourth-order valence-corrected chi connectivity index (χ4v) is 3.47. The number of hydrogen-bond acceptors (Lipinski definition) is 7. The number of carbonyl (C=O) groups excluding carboxylic acids is 3. The van der Waals surface area contributed by atoms with Crippen molar-refractivity contribution in [2.24, 2.45) is 0 Å². The number of benzene rings is 2. The molecule has 3 N–H and O–H groups in total. The second-order valence-corrected chi connectivity index (χ2v) is 7.47. The maximum Gasteiger partial charge on any atom is 0.408 e. The minimum atomic E-state index is -0.969. The Morgan fingerprint density at radius 2 is 1.91 bits per heavy atom. The summed E-state index contributed by atoms with van der Waals surface area (Å²) < 4.78 is 10.0. The van der Waals surface area contributed by atoms with Crippen LogP contribution in [0.15, 0.2) is 54.6 Å². The van der Waals surface area contributed by atoms with Crippen LogP contribution < -0.4 is 10.7 Å². The number of hydrazine groups is 1. The number of carbonyl (C=O) groups is 3. The summed E-state index contributed by atoms with van der Waals surface area (Å²) in [6.45, 7) is 0.440. The highest BCUT2D eigenvalue weighted by molar-refractivity contribution is 5.86. The van der Waals surface area contributed by atoms with Crippen molar-refractivity contribution in [1.29, 1.82) is 0 Å². The largest absolute Gasteiger partial charge is 0.508 e. The molecule has 0 aromatic heterocycles. The van der Waals surface area contributed by atoms with E-state index in [0.29, 0.717) is 24.9 Å². The average molecular weight is 441 g/mol. The fourth-order valence-electron chi connectivity index (χ4n) is 3.47. The zero-order valence-electron chi connectivity index (χ0n) is 17.8. The minimum absolute atomic E-state index is 0.0576. The molecule has 3 rings (SSSR count). The lowest BCUT2D eigenvalue weighted by atomic mass is 10.0. The second kappa shape index (κ2) is 11.1. The van der Waals surface area contributed by atoms with Gasteiger partial charge in [-0.15, -0.1) is 0 Å². The summed E-state index contributed by atoms with van der Waals surface area (Å²) in [5, 5.41) is 13.7. The van der Waals surface area contributed by atoms with Gasteiger partial charge in [0.25, 0.3) is 5.91 Å². The van der Waals surface area contributed by atoms with E-state index in [2.05, 4.69) is 10.7 Å². The van der Waals surface area contributed by atoms with Gasteiger partial charge in [-0.3, -0.25) is 14.6 Å². The molecule has 2 atom stereocenters. The number of esters is 1. The highest BCUT2D eigenvalue weighted by Gasteiger charge is 2.33. The second-order valence-electron chi connectivity index (χ2n) is 7.47. The molecule has 1 fully saturated rings. The molecule has 170 valence electrons. The van der Waals surface area contributed by atoms with Gasteiger partial charge in [-0.2, -0.15) is 0 Å². The van der Waals surface area contributed by atoms with E-state index in [-0.39, 0.29) is 18.8 Å². The summed E-state index contributed by atoms with van der Waals surface area (Å²) in [5.41, 5.74) is 4.36. The van der Waals surface area contributed by atoms with Crippen LogP contribution in [0, 0.1) is 0 Å². The summed E-state index contributed by atoms with van der Waals surface area (Å²) in [6, 6.07) is 14.0. The van der Waals surface area contributed by atoms with Crippen molar-refractivity contribution < 1.29 is 29.0 Å². The van der Waals surface area contributed by atoms with Crippen LogP contribution in [-0.4, -0.2) is 53.8 Å². The maximum atomic E-state index is 13.2. The van der Waals surface area contributed by atoms with Gasteiger partial charge in [0.2, 0.25) is 0 Å². The lowest BCUT2D eigenvalue weighted by Crippen LogP contribution is -2.60. The average Bonchev–Trinajstić information content (AvgIpc) is 2.82. The molecule has 0 radical (unpaired) electrons. The lowest BCUT2D eigenvalue weighted by molar-refractivity contribution is -0.150. The first-order chi connectivity index (χ1) is 15.5. The van der Waals surface area contributed by atoms with Crippen molar-refractivity contribution in [1.82, 2.24) is 15.8 Å². The number of rotatable bonds is 7. The predicted octanol–water partition coefficient (Wildman–Crippen LogP) is 1.90. The molecular formula is C23H27N3O6. The number of amides is 2. The number of methoxy groups -OCH3 is 1. The van der Waals surface area contributed by atoms with Crippen LogP contribution >= 0.6 is 0 Å². The van der Waals surface area contributed by atoms with Gasteiger partial charge in [0.15, 0.2) is 0 Å². The number of aromatic hydroxyl groups is 1. The van der Waals surface area contributed by atoms with Gasteiger partial charge in [-0.1, -0.05) is 42.5 Å². The molecule has 0 bridgehead atoms. The van der Waals surface area contributed by atoms with Gasteiger partial charge in [0, 0.05) is 13.0 Å². The van der Waals surface area contributed by atoms with Crippen molar-refractivity contribution in [3.05, 3.63) is 65.7 Å². The van der Waals surface area contributed by atoms with Gasteiger partial charge >= 0.3 is 12.1 Å². The van der Waals surface area contributed by atoms with E-state index < -0.39 is 30.1 Å². The summed E-state index contributed by atoms with van der Waals surface area (Å²) in [4.78, 5) is 37.6. The first-order valence-electron chi connectivity index (χ1n) is 10.4. The van der Waals surface area contributed by atoms with Crippen LogP contribution in [-0.2, 0) is 32.1 Å². The van der Waals surface area contributed by atoms with Crippen LogP contribution in [0.5, 0.6) is 5.75 Å². The molecule has 9 heteroatoms. The Hall–Kier alpha value is -3.59. The quantitative estimate of drug-likeness (QED) is 0.562. The minimum Gasteiger partial charge on any atom is -0.508 e. The zero-order valence-corrected chi connectivity index (χ0v) is 17.8. The SMILES string of the molecule is COC(=O)[C@@H]1CCCN(C(=O)[C@H](Cc2cccc(O)c2)NC(=O)OCc2ccccc2)N1. The molecule has 32 heavy (non-hydrogen) atoms. The van der Waals surface area contributed by atoms with Crippen molar-refractivity contribution in [3.63, 3.8) is 0 Å². The molecule has 1 saturated heterocycles. The van der Waals surface area contributed by atoms with Crippen LogP contribution in [0.2, 0.25) is 0 Å². The van der Waals surface area contributed by atoms with Crippen molar-refractivity contribution in [3.8, 4) is 5.75 Å². The van der Waals surface area contributed by atoms with Crippen LogP contribution in [0.3, 0.4) is 0 Å². The molecule has 0 saturated carbocycles. The number of alkyl carbamates (subject to hydrolysis) is 1. The lowest BCUT2D eigenvalue weighted by Gasteiger charge is -2.34. The molecule has 2 aromatic carbocycles. The molecular weight excluding hydrogens is 414 g/mol. The number of nitrogens with one attached hydrogen (secondary N) is 2. The molecule has 9 nitrogen and oxygen atoms in total. The summed E-state index contributed by atoms with van der Waals surface area (Å²) >= 11 is 0. The van der Waals surface area contributed by atoms with Crippen LogP contribution in [0.4, 0.5) is 4.79 Å². The monoisotopic (exact) mass is 441 g/mol. The van der Waals surface area contributed by atoms with E-state index in [1.54, 1.807) is 12.1 Å². The van der Waals surface area contributed by atoms with E-state index >= 15 is 0 Å². The summed E-state index contributed by atoms with van der Waals surface area (Å²) in [6.07, 6.45) is 0.541. The first-order valence-corrected chi connectivity index (χ1v) is 10.4. The number of phenols is 1. The van der Waals surface area contributed by atoms with E-state index in [9.17, 15) is 19.5 Å². The Balaban J connectivity index is 1.70. The van der Waals surface area contributed by atoms with Crippen LogP contribution in [0.1, 0.15) is 24.0 Å². The smallest absolute Gasteiger partial charge is 0.408 e. The van der Waals surface area contributed by atoms with Gasteiger partial charge in [-0.25, -0.2) is 10.2 Å². The van der Waals surface area contributed by atoms with Gasteiger partial charge in [0.05, 0.1) is 7.11 Å². The predicted molar refractivity (Wildman–Crippen MR) is 115 cm³/mol. The third-order valence-electron chi connectivity index (χ3n) is 5.09. The highest BCUT2D eigenvalue weighted by Crippen LogP contribution is 2.15. The van der Waals surface area contributed by atoms with Gasteiger partial charge in [0.1, 0.15) is 24.4 Å². The Morgan fingerprint density at radius 1 is 1.16 bits per heavy atom. The maximum absolute atomic E-state index is 13.2. The van der Waals surface area contributed by atoms with Crippen molar-refractivity contribution in [2.75, 3.05) is 13.7 Å². The molecule has 0 spiro atoms. The Labute approximate surface area is 186 Å². The number of phenolic OH excluding ortho intramolecular Hbond substituents is 1. The molecule has 0 unspecified atom stereocenters. The highest BCUT2D eigenvalue weighted by atomic mass is 16.5. The number of ether oxygens (including phenoxy) is 2. The standard InChI is InChI=1S/C23H27N3O6/c1-31-22(29)19-11-6-12-26(25-19)21(28)20(14-17-9-5-10-18(27)13-17)24-23(30)32-15-16-7-3-2-4-8-16/h2-5,7-10,13,19-20,25,27H,6,11-12,14-15H2,1H3,(H,24,30)/t19-,20-/m0/s1. The molecule has 2 aromatic rings. The topological polar surface area (TPSA) is 117 Å². The number of nitrogens with zero attached hydrogens (tertiary/aromatic N) is 1. The Morgan fingerprint density at radius 3 is 2.62 bits per heavy atom. The van der Waals surface area contributed by atoms with E-state index in [1.165, 1.54) is 24.3 Å². The zero-order chi connectivity index (χ0) is 22.9. The van der Waals surface area contributed by atoms with Crippen molar-refractivity contribution >= 4 is 18.0 Å². The summed E-state index contributed by atoms with van der Waals surface area (Å²) in [7, 11) is 1.29. The third kappa shape index (κ3) is 6.45. The van der Waals surface area contributed by atoms with E-state index in [0.717, 1.165) is 5.56 Å². The Bertz CT molecular complexity index is 936. The first kappa shape index (κ1) is 23.1. The van der Waals surface area contributed by atoms with Gasteiger partial charge < -0.3 is 19.9 Å².